The molecule has 0 saturated heterocycles. The molecule has 0 N–H and O–H groups in total. The van der Waals surface area contributed by atoms with Crippen molar-refractivity contribution in [2.75, 3.05) is 14.2 Å². The van der Waals surface area contributed by atoms with Gasteiger partial charge < -0.3 is 9.47 Å². The quantitative estimate of drug-likeness (QED) is 0.464. The molecule has 4 heteroatoms. The van der Waals surface area contributed by atoms with Crippen molar-refractivity contribution >= 4 is 11.6 Å². The summed E-state index contributed by atoms with van der Waals surface area (Å²) < 4.78 is 10.3. The number of methoxy groups -OCH3 is 2. The Morgan fingerprint density at radius 3 is 1.33 bits per heavy atom. The molecule has 0 heterocycles. The Morgan fingerprint density at radius 1 is 0.556 bits per heavy atom. The summed E-state index contributed by atoms with van der Waals surface area (Å²) in [5.41, 5.74) is 1.44. The molecule has 4 nitrogen and oxygen atoms in total. The van der Waals surface area contributed by atoms with Crippen LogP contribution in [0.4, 0.5) is 0 Å². The summed E-state index contributed by atoms with van der Waals surface area (Å²) in [5.74, 6) is 0.767. The number of rotatable bonds is 7. The Balaban J connectivity index is 1.99. The van der Waals surface area contributed by atoms with Gasteiger partial charge in [0.05, 0.1) is 14.2 Å². The first-order valence-electron chi connectivity index (χ1n) is 8.44. The fourth-order valence-corrected chi connectivity index (χ4v) is 2.74. The first-order valence-corrected chi connectivity index (χ1v) is 8.44. The van der Waals surface area contributed by atoms with Crippen molar-refractivity contribution in [3.63, 3.8) is 0 Å². The zero-order valence-electron chi connectivity index (χ0n) is 15.1. The molecule has 0 spiro atoms. The molecular formula is C23H19O4. The maximum atomic E-state index is 13.2. The minimum atomic E-state index is -0.329. The van der Waals surface area contributed by atoms with Crippen LogP contribution in [0.5, 0.6) is 11.5 Å². The third kappa shape index (κ3) is 4.06. The minimum absolute atomic E-state index is 0.130. The fourth-order valence-electron chi connectivity index (χ4n) is 2.74. The van der Waals surface area contributed by atoms with E-state index in [9.17, 15) is 9.59 Å². The Hall–Kier alpha value is -3.40. The fraction of sp³-hybridized carbons (Fsp3) is 0.0870. The number of benzene rings is 3. The normalized spacial score (nSPS) is 10.5. The van der Waals surface area contributed by atoms with E-state index in [-0.39, 0.29) is 17.5 Å². The number of ether oxygens (including phenoxy) is 2. The molecule has 0 amide bonds. The number of carbonyl (C=O) groups excluding carboxylic acids is 2. The van der Waals surface area contributed by atoms with Crippen LogP contribution in [-0.4, -0.2) is 25.8 Å². The second-order valence-electron chi connectivity index (χ2n) is 5.86. The summed E-state index contributed by atoms with van der Waals surface area (Å²) in [5, 5.41) is 0. The van der Waals surface area contributed by atoms with E-state index in [1.165, 1.54) is 0 Å². The van der Waals surface area contributed by atoms with Crippen LogP contribution in [0.15, 0.2) is 78.9 Å². The van der Waals surface area contributed by atoms with Crippen molar-refractivity contribution in [1.29, 1.82) is 0 Å². The van der Waals surface area contributed by atoms with Gasteiger partial charge >= 0.3 is 0 Å². The Kier molecular flexibility index (Phi) is 5.67. The van der Waals surface area contributed by atoms with Gasteiger partial charge in [0.15, 0.2) is 11.6 Å². The van der Waals surface area contributed by atoms with Crippen LogP contribution < -0.4 is 9.47 Å². The highest BCUT2D eigenvalue weighted by Crippen LogP contribution is 2.26. The van der Waals surface area contributed by atoms with Gasteiger partial charge in [0, 0.05) is 11.1 Å². The van der Waals surface area contributed by atoms with Crippen molar-refractivity contribution in [3.05, 3.63) is 101 Å². The van der Waals surface area contributed by atoms with Crippen molar-refractivity contribution < 1.29 is 19.1 Å². The summed E-state index contributed by atoms with van der Waals surface area (Å²) in [4.78, 5) is 26.3. The lowest BCUT2D eigenvalue weighted by Gasteiger charge is -2.15. The molecular weight excluding hydrogens is 340 g/mol. The monoisotopic (exact) mass is 359 g/mol. The summed E-state index contributed by atoms with van der Waals surface area (Å²) in [6, 6.07) is 22.4. The van der Waals surface area contributed by atoms with Crippen LogP contribution in [0.3, 0.4) is 0 Å². The van der Waals surface area contributed by atoms with E-state index in [1.807, 2.05) is 6.07 Å². The van der Waals surface area contributed by atoms with Crippen LogP contribution in [0, 0.1) is 5.92 Å². The van der Waals surface area contributed by atoms with Gasteiger partial charge in [-0.3, -0.25) is 9.59 Å². The molecule has 3 aromatic carbocycles. The molecule has 3 aromatic rings. The zero-order chi connectivity index (χ0) is 19.2. The first kappa shape index (κ1) is 18.4. The van der Waals surface area contributed by atoms with Crippen LogP contribution in [0.2, 0.25) is 0 Å². The third-order valence-electron chi connectivity index (χ3n) is 4.22. The number of Topliss-reactive ketones (excluding diaryl/α,β-unsaturated/α-hetero) is 2. The zero-order valence-corrected chi connectivity index (χ0v) is 15.1. The second kappa shape index (κ2) is 8.32. The van der Waals surface area contributed by atoms with E-state index in [0.717, 1.165) is 0 Å². The molecule has 0 saturated carbocycles. The van der Waals surface area contributed by atoms with Gasteiger partial charge in [-0.2, -0.15) is 0 Å². The van der Waals surface area contributed by atoms with Gasteiger partial charge in [-0.25, -0.2) is 0 Å². The molecule has 27 heavy (non-hydrogen) atoms. The molecule has 135 valence electrons. The summed E-state index contributed by atoms with van der Waals surface area (Å²) in [7, 11) is 3.12. The van der Waals surface area contributed by atoms with Crippen LogP contribution in [-0.2, 0) is 0 Å². The molecule has 0 unspecified atom stereocenters. The van der Waals surface area contributed by atoms with Crippen LogP contribution >= 0.6 is 0 Å². The molecule has 0 aromatic heterocycles. The van der Waals surface area contributed by atoms with E-state index in [2.05, 4.69) is 0 Å². The predicted octanol–water partition coefficient (Wildman–Crippen LogP) is 4.39. The lowest BCUT2D eigenvalue weighted by Crippen LogP contribution is -2.23. The Bertz CT molecular complexity index is 853. The molecule has 0 fully saturated rings. The maximum Gasteiger partial charge on any atom is 0.183 e. The molecule has 0 aliphatic carbocycles. The van der Waals surface area contributed by atoms with E-state index < -0.39 is 0 Å². The second-order valence-corrected chi connectivity index (χ2v) is 5.86. The number of hydrogen-bond donors (Lipinski definition) is 0. The van der Waals surface area contributed by atoms with Gasteiger partial charge in [-0.1, -0.05) is 30.3 Å². The summed E-state index contributed by atoms with van der Waals surface area (Å²) in [6.45, 7) is 0. The predicted molar refractivity (Wildman–Crippen MR) is 103 cm³/mol. The average Bonchev–Trinajstić information content (AvgIpc) is 2.74. The summed E-state index contributed by atoms with van der Waals surface area (Å²) >= 11 is 0. The minimum Gasteiger partial charge on any atom is -0.497 e. The Morgan fingerprint density at radius 2 is 0.963 bits per heavy atom. The van der Waals surface area contributed by atoms with Crippen molar-refractivity contribution in [1.82, 2.24) is 0 Å². The van der Waals surface area contributed by atoms with Gasteiger partial charge in [0.25, 0.3) is 0 Å². The average molecular weight is 359 g/mol. The van der Waals surface area contributed by atoms with Gasteiger partial charge in [-0.15, -0.1) is 0 Å². The van der Waals surface area contributed by atoms with Crippen molar-refractivity contribution in [2.45, 2.75) is 0 Å². The first-order chi connectivity index (χ1) is 13.1. The van der Waals surface area contributed by atoms with E-state index in [4.69, 9.17) is 9.47 Å². The van der Waals surface area contributed by atoms with Gasteiger partial charge in [0.2, 0.25) is 0 Å². The van der Waals surface area contributed by atoms with Crippen LogP contribution in [0.25, 0.3) is 0 Å². The number of hydrogen-bond acceptors (Lipinski definition) is 4. The Labute approximate surface area is 158 Å². The van der Waals surface area contributed by atoms with Gasteiger partial charge in [-0.05, 0) is 54.1 Å². The van der Waals surface area contributed by atoms with Gasteiger partial charge in [0.1, 0.15) is 17.4 Å². The lowest BCUT2D eigenvalue weighted by molar-refractivity contribution is 0.0932. The highest BCUT2D eigenvalue weighted by Gasteiger charge is 2.31. The molecule has 1 radical (unpaired) electrons. The third-order valence-corrected chi connectivity index (χ3v) is 4.22. The maximum absolute atomic E-state index is 13.2. The molecule has 0 aliphatic heterocycles. The topological polar surface area (TPSA) is 52.6 Å². The van der Waals surface area contributed by atoms with E-state index in [1.54, 1.807) is 87.0 Å². The standard InChI is InChI=1S/C23H19O4/c1-26-19-12-8-17(9-13-19)22(24)21(16-6-4-3-5-7-16)23(25)18-10-14-20(27-2)15-11-18/h3-15H,1-2H3. The molecule has 3 rings (SSSR count). The highest BCUT2D eigenvalue weighted by atomic mass is 16.5. The van der Waals surface area contributed by atoms with E-state index >= 15 is 0 Å². The summed E-state index contributed by atoms with van der Waals surface area (Å²) in [6.07, 6.45) is 0. The van der Waals surface area contributed by atoms with Crippen molar-refractivity contribution in [2.24, 2.45) is 0 Å². The SMILES string of the molecule is COc1ccc(C(=O)[C](C(=O)c2ccc(OC)cc2)c2ccccc2)cc1. The molecule has 0 aliphatic rings. The van der Waals surface area contributed by atoms with E-state index in [0.29, 0.717) is 28.2 Å². The van der Waals surface area contributed by atoms with Crippen molar-refractivity contribution in [3.8, 4) is 11.5 Å². The number of ketones is 2. The van der Waals surface area contributed by atoms with Crippen LogP contribution in [0.1, 0.15) is 26.3 Å². The largest absolute Gasteiger partial charge is 0.497 e. The molecule has 0 atom stereocenters. The molecule has 0 bridgehead atoms. The number of carbonyl (C=O) groups is 2. The smallest absolute Gasteiger partial charge is 0.183 e. The highest BCUT2D eigenvalue weighted by molar-refractivity contribution is 6.30. The lowest BCUT2D eigenvalue weighted by atomic mass is 9.84.